The third-order valence-electron chi connectivity index (χ3n) is 3.93. The minimum atomic E-state index is -3.15. The van der Waals surface area contributed by atoms with E-state index in [-0.39, 0.29) is 30.6 Å². The number of carbonyl (C=O) groups is 1. The number of hydrogen-bond acceptors (Lipinski definition) is 6. The molecule has 0 aliphatic carbocycles. The van der Waals surface area contributed by atoms with E-state index in [9.17, 15) is 18.4 Å². The van der Waals surface area contributed by atoms with Gasteiger partial charge in [-0.25, -0.2) is 14.1 Å². The fraction of sp³-hybridized carbons (Fsp3) is 0.412. The highest BCUT2D eigenvalue weighted by molar-refractivity contribution is 14.1. The minimum absolute atomic E-state index is 0.0266. The van der Waals surface area contributed by atoms with Gasteiger partial charge in [0, 0.05) is 46.1 Å². The SMILES string of the molecule is CCNC(=O)c1c(C)sc2nc(Cn3nc(C(F)(F)I)cc3OCC)cc(=O)n12. The van der Waals surface area contributed by atoms with Crippen LogP contribution in [0.5, 0.6) is 5.88 Å². The maximum Gasteiger partial charge on any atom is 0.339 e. The van der Waals surface area contributed by atoms with Crippen molar-refractivity contribution in [3.8, 4) is 5.88 Å². The van der Waals surface area contributed by atoms with Crippen molar-refractivity contribution in [2.45, 2.75) is 31.2 Å². The molecule has 0 aliphatic heterocycles. The molecule has 156 valence electrons. The van der Waals surface area contributed by atoms with Crippen LogP contribution in [-0.2, 0) is 10.5 Å². The number of fused-ring (bicyclic) bond motifs is 1. The van der Waals surface area contributed by atoms with Crippen LogP contribution in [0.1, 0.15) is 40.6 Å². The van der Waals surface area contributed by atoms with Gasteiger partial charge in [-0.05, 0) is 20.8 Å². The summed E-state index contributed by atoms with van der Waals surface area (Å²) in [5.41, 5.74) is -0.298. The lowest BCUT2D eigenvalue weighted by Gasteiger charge is -2.08. The molecule has 3 heterocycles. The first-order valence-corrected chi connectivity index (χ1v) is 10.6. The fourth-order valence-corrected chi connectivity index (χ4v) is 4.03. The Balaban J connectivity index is 2.03. The average Bonchev–Trinajstić information content (AvgIpc) is 3.16. The molecule has 3 aromatic heterocycles. The Bertz CT molecular complexity index is 1120. The maximum atomic E-state index is 13.6. The number of aromatic nitrogens is 4. The average molecular weight is 537 g/mol. The van der Waals surface area contributed by atoms with E-state index in [1.165, 1.54) is 32.6 Å². The van der Waals surface area contributed by atoms with Crippen molar-refractivity contribution in [1.29, 1.82) is 0 Å². The molecule has 8 nitrogen and oxygen atoms in total. The normalized spacial score (nSPS) is 11.8. The lowest BCUT2D eigenvalue weighted by molar-refractivity contribution is 0.0949. The Morgan fingerprint density at radius 1 is 1.38 bits per heavy atom. The van der Waals surface area contributed by atoms with Crippen LogP contribution in [-0.4, -0.2) is 38.2 Å². The van der Waals surface area contributed by atoms with E-state index in [4.69, 9.17) is 4.74 Å². The van der Waals surface area contributed by atoms with Crippen LogP contribution < -0.4 is 15.6 Å². The molecule has 1 amide bonds. The molecule has 12 heteroatoms. The van der Waals surface area contributed by atoms with Gasteiger partial charge >= 0.3 is 3.93 Å². The second-order valence-electron chi connectivity index (χ2n) is 6.03. The molecule has 29 heavy (non-hydrogen) atoms. The topological polar surface area (TPSA) is 90.5 Å². The van der Waals surface area contributed by atoms with Gasteiger partial charge in [-0.3, -0.25) is 9.59 Å². The van der Waals surface area contributed by atoms with E-state index in [1.54, 1.807) is 20.8 Å². The summed E-state index contributed by atoms with van der Waals surface area (Å²) in [5, 5.41) is 6.58. The van der Waals surface area contributed by atoms with Crippen LogP contribution in [0.15, 0.2) is 16.9 Å². The standard InChI is InChI=1S/C17H18F2IN5O3S/c1-4-21-15(27)14-9(3)29-16-22-10(6-12(26)25(14)16)8-24-13(28-5-2)7-11(23-24)17(18,19)20/h6-7H,4-5,8H2,1-3H3,(H,21,27). The van der Waals surface area contributed by atoms with E-state index in [0.29, 0.717) is 22.1 Å². The highest BCUT2D eigenvalue weighted by Crippen LogP contribution is 2.36. The van der Waals surface area contributed by atoms with Crippen molar-refractivity contribution in [2.75, 3.05) is 13.2 Å². The second kappa shape index (κ2) is 8.34. The molecule has 3 aromatic rings. The Labute approximate surface area is 182 Å². The number of hydrogen-bond donors (Lipinski definition) is 1. The van der Waals surface area contributed by atoms with E-state index in [2.05, 4.69) is 15.4 Å². The number of nitrogens with zero attached hydrogens (tertiary/aromatic N) is 4. The Morgan fingerprint density at radius 3 is 2.72 bits per heavy atom. The molecule has 0 radical (unpaired) electrons. The molecule has 0 unspecified atom stereocenters. The number of nitrogens with one attached hydrogen (secondary N) is 1. The summed E-state index contributed by atoms with van der Waals surface area (Å²) >= 11 is 2.20. The first-order chi connectivity index (χ1) is 13.7. The Morgan fingerprint density at radius 2 is 2.10 bits per heavy atom. The Kier molecular flexibility index (Phi) is 6.22. The smallest absolute Gasteiger partial charge is 0.339 e. The molecule has 0 bridgehead atoms. The highest BCUT2D eigenvalue weighted by atomic mass is 127. The van der Waals surface area contributed by atoms with Crippen LogP contribution in [0.25, 0.3) is 4.96 Å². The predicted octanol–water partition coefficient (Wildman–Crippen LogP) is 2.94. The van der Waals surface area contributed by atoms with Gasteiger partial charge in [-0.1, -0.05) is 0 Å². The summed E-state index contributed by atoms with van der Waals surface area (Å²) in [6, 6.07) is 2.44. The quantitative estimate of drug-likeness (QED) is 0.370. The van der Waals surface area contributed by atoms with E-state index < -0.39 is 15.2 Å². The zero-order valence-corrected chi connectivity index (χ0v) is 18.8. The van der Waals surface area contributed by atoms with Gasteiger partial charge in [0.15, 0.2) is 4.96 Å². The number of alkyl halides is 3. The number of halogens is 3. The largest absolute Gasteiger partial charge is 0.478 e. The molecule has 1 N–H and O–H groups in total. The van der Waals surface area contributed by atoms with Gasteiger partial charge < -0.3 is 10.1 Å². The minimum Gasteiger partial charge on any atom is -0.478 e. The third kappa shape index (κ3) is 4.42. The van der Waals surface area contributed by atoms with Crippen LogP contribution in [0.3, 0.4) is 0 Å². The zero-order valence-electron chi connectivity index (χ0n) is 15.8. The highest BCUT2D eigenvalue weighted by Gasteiger charge is 2.32. The zero-order chi connectivity index (χ0) is 21.3. The summed E-state index contributed by atoms with van der Waals surface area (Å²) in [6.45, 7) is 5.92. The van der Waals surface area contributed by atoms with Crippen molar-refractivity contribution < 1.29 is 18.3 Å². The molecular formula is C17H18F2IN5O3S. The van der Waals surface area contributed by atoms with Crippen molar-refractivity contribution in [3.05, 3.63) is 44.4 Å². The van der Waals surface area contributed by atoms with E-state index in [1.807, 2.05) is 0 Å². The summed E-state index contributed by atoms with van der Waals surface area (Å²) in [6.07, 6.45) is 0. The summed E-state index contributed by atoms with van der Waals surface area (Å²) < 4.78 is 32.0. The van der Waals surface area contributed by atoms with Crippen LogP contribution in [0.2, 0.25) is 0 Å². The van der Waals surface area contributed by atoms with E-state index in [0.717, 1.165) is 22.6 Å². The molecular weight excluding hydrogens is 519 g/mol. The lowest BCUT2D eigenvalue weighted by atomic mass is 10.3. The van der Waals surface area contributed by atoms with Gasteiger partial charge in [-0.2, -0.15) is 13.9 Å². The Hall–Kier alpha value is -2.09. The number of aryl methyl sites for hydroxylation is 1. The van der Waals surface area contributed by atoms with Gasteiger partial charge in [0.1, 0.15) is 11.4 Å². The molecule has 0 spiro atoms. The molecule has 0 saturated heterocycles. The van der Waals surface area contributed by atoms with Gasteiger partial charge in [0.05, 0.1) is 18.8 Å². The first kappa shape index (κ1) is 21.6. The molecule has 0 atom stereocenters. The van der Waals surface area contributed by atoms with Crippen molar-refractivity contribution in [2.24, 2.45) is 0 Å². The van der Waals surface area contributed by atoms with Crippen molar-refractivity contribution in [3.63, 3.8) is 0 Å². The number of ether oxygens (including phenoxy) is 1. The molecule has 0 aromatic carbocycles. The second-order valence-corrected chi connectivity index (χ2v) is 8.56. The molecule has 0 aliphatic rings. The number of carbonyl (C=O) groups excluding carboxylic acids is 1. The van der Waals surface area contributed by atoms with Gasteiger partial charge in [0.2, 0.25) is 5.88 Å². The molecule has 0 saturated carbocycles. The maximum absolute atomic E-state index is 13.6. The summed E-state index contributed by atoms with van der Waals surface area (Å²) in [5.74, 6) is -0.196. The van der Waals surface area contributed by atoms with Crippen LogP contribution in [0, 0.1) is 6.92 Å². The van der Waals surface area contributed by atoms with Crippen molar-refractivity contribution >= 4 is 44.8 Å². The summed E-state index contributed by atoms with van der Waals surface area (Å²) in [7, 11) is 0. The summed E-state index contributed by atoms with van der Waals surface area (Å²) in [4.78, 5) is 30.4. The number of thiazole rings is 1. The third-order valence-corrected chi connectivity index (χ3v) is 5.44. The van der Waals surface area contributed by atoms with E-state index >= 15 is 0 Å². The fourth-order valence-electron chi connectivity index (χ4n) is 2.78. The first-order valence-electron chi connectivity index (χ1n) is 8.73. The van der Waals surface area contributed by atoms with Crippen LogP contribution in [0.4, 0.5) is 8.78 Å². The molecule has 0 fully saturated rings. The lowest BCUT2D eigenvalue weighted by Crippen LogP contribution is -2.28. The van der Waals surface area contributed by atoms with Crippen LogP contribution >= 0.6 is 33.9 Å². The van der Waals surface area contributed by atoms with Gasteiger partial charge in [-0.15, -0.1) is 11.3 Å². The van der Waals surface area contributed by atoms with Gasteiger partial charge in [0.25, 0.3) is 11.5 Å². The van der Waals surface area contributed by atoms with Crippen molar-refractivity contribution in [1.82, 2.24) is 24.5 Å². The number of amides is 1. The molecule has 3 rings (SSSR count). The predicted molar refractivity (Wildman–Crippen MR) is 112 cm³/mol. The number of rotatable bonds is 7. The monoisotopic (exact) mass is 537 g/mol.